The van der Waals surface area contributed by atoms with E-state index in [0.717, 1.165) is 48.0 Å². The molecule has 7 nitrogen and oxygen atoms in total. The van der Waals surface area contributed by atoms with Crippen LogP contribution in [0.3, 0.4) is 0 Å². The number of amides is 1. The maximum atomic E-state index is 12.8. The number of nitrogens with one attached hydrogen (secondary N) is 3. The SMILES string of the molecule is O=C(Nc1ccc2cnccc2c1)[C@@H]1C[C@H]1c1cccc(S(=O)(=O)NCC2CCCNC2)c1. The van der Waals surface area contributed by atoms with Crippen molar-refractivity contribution in [2.75, 3.05) is 25.0 Å². The van der Waals surface area contributed by atoms with Crippen molar-refractivity contribution in [1.29, 1.82) is 0 Å². The number of carbonyl (C=O) groups is 1. The maximum absolute atomic E-state index is 12.8. The van der Waals surface area contributed by atoms with Crippen LogP contribution in [0.25, 0.3) is 10.8 Å². The van der Waals surface area contributed by atoms with E-state index in [1.54, 1.807) is 30.6 Å². The number of hydrogen-bond acceptors (Lipinski definition) is 5. The van der Waals surface area contributed by atoms with Gasteiger partial charge in [-0.1, -0.05) is 18.2 Å². The minimum atomic E-state index is -3.58. The molecular weight excluding hydrogens is 436 g/mol. The standard InChI is InChI=1S/C25H28N4O3S/c30-25(29-21-7-6-20-16-27-10-8-18(20)11-21)24-13-23(24)19-4-1-5-22(12-19)33(31,32)28-15-17-3-2-9-26-14-17/h1,4-8,10-12,16-17,23-24,26,28H,2-3,9,13-15H2,(H,29,30)/t17?,23-,24+/m0/s1. The first-order chi connectivity index (χ1) is 16.0. The van der Waals surface area contributed by atoms with Crippen LogP contribution in [-0.4, -0.2) is 38.9 Å². The molecule has 1 aliphatic heterocycles. The molecule has 1 saturated heterocycles. The second kappa shape index (κ2) is 9.21. The molecule has 1 unspecified atom stereocenters. The first-order valence-electron chi connectivity index (χ1n) is 11.4. The number of rotatable bonds is 7. The summed E-state index contributed by atoms with van der Waals surface area (Å²) >= 11 is 0. The van der Waals surface area contributed by atoms with Crippen LogP contribution in [0, 0.1) is 11.8 Å². The van der Waals surface area contributed by atoms with Crippen LogP contribution in [0.1, 0.15) is 30.7 Å². The van der Waals surface area contributed by atoms with Crippen LogP contribution >= 0.6 is 0 Å². The molecular formula is C25H28N4O3S. The van der Waals surface area contributed by atoms with E-state index in [4.69, 9.17) is 0 Å². The van der Waals surface area contributed by atoms with Crippen molar-refractivity contribution in [2.45, 2.75) is 30.1 Å². The molecule has 5 rings (SSSR count). The van der Waals surface area contributed by atoms with Gasteiger partial charge < -0.3 is 10.6 Å². The maximum Gasteiger partial charge on any atom is 0.240 e. The van der Waals surface area contributed by atoms with Crippen molar-refractivity contribution in [3.8, 4) is 0 Å². The summed E-state index contributed by atoms with van der Waals surface area (Å²) in [5.41, 5.74) is 1.64. The third-order valence-electron chi connectivity index (χ3n) is 6.59. The smallest absolute Gasteiger partial charge is 0.240 e. The Balaban J connectivity index is 1.22. The van der Waals surface area contributed by atoms with Gasteiger partial charge in [-0.25, -0.2) is 13.1 Å². The molecule has 0 radical (unpaired) electrons. The van der Waals surface area contributed by atoms with Gasteiger partial charge in [0.2, 0.25) is 15.9 Å². The molecule has 3 aromatic rings. The summed E-state index contributed by atoms with van der Waals surface area (Å²) in [5.74, 6) is 0.161. The van der Waals surface area contributed by atoms with Crippen molar-refractivity contribution in [1.82, 2.24) is 15.0 Å². The normalized spacial score (nSPS) is 22.7. The lowest BCUT2D eigenvalue weighted by Gasteiger charge is -2.22. The van der Waals surface area contributed by atoms with E-state index in [0.29, 0.717) is 18.9 Å². The van der Waals surface area contributed by atoms with E-state index in [9.17, 15) is 13.2 Å². The van der Waals surface area contributed by atoms with E-state index >= 15 is 0 Å². The predicted molar refractivity (Wildman–Crippen MR) is 128 cm³/mol. The predicted octanol–water partition coefficient (Wildman–Crippen LogP) is 3.25. The Morgan fingerprint density at radius 1 is 1.12 bits per heavy atom. The number of anilines is 1. The van der Waals surface area contributed by atoms with E-state index < -0.39 is 10.0 Å². The third kappa shape index (κ3) is 5.08. The van der Waals surface area contributed by atoms with Crippen LogP contribution < -0.4 is 15.4 Å². The number of carbonyl (C=O) groups excluding carboxylic acids is 1. The number of aromatic nitrogens is 1. The van der Waals surface area contributed by atoms with E-state index in [2.05, 4.69) is 20.3 Å². The molecule has 2 aliphatic rings. The topological polar surface area (TPSA) is 100 Å². The molecule has 8 heteroatoms. The highest BCUT2D eigenvalue weighted by molar-refractivity contribution is 7.89. The van der Waals surface area contributed by atoms with Gasteiger partial charge in [-0.2, -0.15) is 0 Å². The Kier molecular flexibility index (Phi) is 6.14. The molecule has 3 N–H and O–H groups in total. The zero-order chi connectivity index (χ0) is 22.8. The van der Waals surface area contributed by atoms with Crippen LogP contribution in [-0.2, 0) is 14.8 Å². The molecule has 2 fully saturated rings. The number of fused-ring (bicyclic) bond motifs is 1. The fraction of sp³-hybridized carbons (Fsp3) is 0.360. The van der Waals surface area contributed by atoms with Crippen LogP contribution in [0.4, 0.5) is 5.69 Å². The van der Waals surface area contributed by atoms with E-state index in [1.807, 2.05) is 30.3 Å². The molecule has 33 heavy (non-hydrogen) atoms. The molecule has 0 bridgehead atoms. The van der Waals surface area contributed by atoms with Crippen LogP contribution in [0.15, 0.2) is 65.8 Å². The third-order valence-corrected chi connectivity index (χ3v) is 8.01. The summed E-state index contributed by atoms with van der Waals surface area (Å²) in [6.07, 6.45) is 6.34. The molecule has 172 valence electrons. The molecule has 2 heterocycles. The average Bonchev–Trinajstić information content (AvgIpc) is 3.65. The minimum absolute atomic E-state index is 0.0346. The zero-order valence-electron chi connectivity index (χ0n) is 18.3. The Morgan fingerprint density at radius 2 is 2.03 bits per heavy atom. The van der Waals surface area contributed by atoms with E-state index in [1.165, 1.54) is 0 Å². The van der Waals surface area contributed by atoms with Gasteiger partial charge in [0, 0.05) is 35.9 Å². The Labute approximate surface area is 194 Å². The monoisotopic (exact) mass is 464 g/mol. The quantitative estimate of drug-likeness (QED) is 0.498. The highest BCUT2D eigenvalue weighted by Gasteiger charge is 2.44. The van der Waals surface area contributed by atoms with Gasteiger partial charge in [0.15, 0.2) is 0 Å². The molecule has 1 amide bonds. The summed E-state index contributed by atoms with van der Waals surface area (Å²) in [7, 11) is -3.58. The first-order valence-corrected chi connectivity index (χ1v) is 12.9. The fourth-order valence-electron chi connectivity index (χ4n) is 4.57. The summed E-state index contributed by atoms with van der Waals surface area (Å²) < 4.78 is 28.4. The number of hydrogen-bond donors (Lipinski definition) is 3. The number of sulfonamides is 1. The lowest BCUT2D eigenvalue weighted by molar-refractivity contribution is -0.117. The molecule has 2 aromatic carbocycles. The van der Waals surface area contributed by atoms with Gasteiger partial charge in [-0.3, -0.25) is 9.78 Å². The highest BCUT2D eigenvalue weighted by atomic mass is 32.2. The Hall–Kier alpha value is -2.81. The number of pyridine rings is 1. The molecule has 1 aromatic heterocycles. The van der Waals surface area contributed by atoms with Crippen molar-refractivity contribution in [3.63, 3.8) is 0 Å². The van der Waals surface area contributed by atoms with Crippen molar-refractivity contribution in [2.24, 2.45) is 11.8 Å². The minimum Gasteiger partial charge on any atom is -0.326 e. The number of piperidine rings is 1. The van der Waals surface area contributed by atoms with Gasteiger partial charge in [-0.05, 0) is 85.5 Å². The molecule has 1 saturated carbocycles. The second-order valence-electron chi connectivity index (χ2n) is 9.01. The zero-order valence-corrected chi connectivity index (χ0v) is 19.1. The van der Waals surface area contributed by atoms with Gasteiger partial charge in [0.1, 0.15) is 0 Å². The van der Waals surface area contributed by atoms with Gasteiger partial charge in [0.05, 0.1) is 4.90 Å². The Bertz CT molecular complexity index is 1270. The van der Waals surface area contributed by atoms with Crippen molar-refractivity contribution < 1.29 is 13.2 Å². The second-order valence-corrected chi connectivity index (χ2v) is 10.8. The molecule has 0 spiro atoms. The Morgan fingerprint density at radius 3 is 2.88 bits per heavy atom. The first kappa shape index (κ1) is 22.0. The van der Waals surface area contributed by atoms with Crippen LogP contribution in [0.5, 0.6) is 0 Å². The lowest BCUT2D eigenvalue weighted by Crippen LogP contribution is -2.38. The fourth-order valence-corrected chi connectivity index (χ4v) is 5.74. The summed E-state index contributed by atoms with van der Waals surface area (Å²) in [5, 5.41) is 8.35. The average molecular weight is 465 g/mol. The van der Waals surface area contributed by atoms with Gasteiger partial charge in [0.25, 0.3) is 0 Å². The number of nitrogens with zero attached hydrogens (tertiary/aromatic N) is 1. The molecule has 3 atom stereocenters. The lowest BCUT2D eigenvalue weighted by atomic mass is 10.0. The van der Waals surface area contributed by atoms with Crippen molar-refractivity contribution in [3.05, 3.63) is 66.5 Å². The summed E-state index contributed by atoms with van der Waals surface area (Å²) in [6, 6.07) is 14.7. The van der Waals surface area contributed by atoms with Crippen molar-refractivity contribution >= 4 is 32.4 Å². The van der Waals surface area contributed by atoms with E-state index in [-0.39, 0.29) is 22.6 Å². The van der Waals surface area contributed by atoms with Crippen LogP contribution in [0.2, 0.25) is 0 Å². The summed E-state index contributed by atoms with van der Waals surface area (Å²) in [4.78, 5) is 17.2. The van der Waals surface area contributed by atoms with Gasteiger partial charge in [-0.15, -0.1) is 0 Å². The van der Waals surface area contributed by atoms with Gasteiger partial charge >= 0.3 is 0 Å². The highest BCUT2D eigenvalue weighted by Crippen LogP contribution is 2.48. The largest absolute Gasteiger partial charge is 0.326 e. The summed E-state index contributed by atoms with van der Waals surface area (Å²) in [6.45, 7) is 2.28. The molecule has 1 aliphatic carbocycles. The number of benzene rings is 2.